The summed E-state index contributed by atoms with van der Waals surface area (Å²) in [6.45, 7) is 6.03. The number of aromatic nitrogens is 1. The van der Waals surface area contributed by atoms with E-state index in [2.05, 4.69) is 29.8 Å². The van der Waals surface area contributed by atoms with Gasteiger partial charge in [0.05, 0.1) is 5.92 Å². The number of likely N-dealkylation sites (N-methyl/N-ethyl adjacent to an activating group) is 1. The fourth-order valence-electron chi connectivity index (χ4n) is 3.19. The van der Waals surface area contributed by atoms with E-state index < -0.39 is 5.97 Å². The molecule has 0 radical (unpaired) electrons. The van der Waals surface area contributed by atoms with Crippen LogP contribution in [0.5, 0.6) is 0 Å². The van der Waals surface area contributed by atoms with Crippen LogP contribution in [0.15, 0.2) is 18.3 Å². The van der Waals surface area contributed by atoms with E-state index >= 15 is 0 Å². The Hall–Kier alpha value is -1.95. The minimum absolute atomic E-state index is 0.122. The maximum atomic E-state index is 12.4. The van der Waals surface area contributed by atoms with Gasteiger partial charge in [0, 0.05) is 50.4 Å². The van der Waals surface area contributed by atoms with E-state index in [0.717, 1.165) is 12.1 Å². The minimum atomic E-state index is -0.745. The zero-order valence-electron chi connectivity index (χ0n) is 15.4. The number of pyridine rings is 1. The number of nitrogens with zero attached hydrogens (tertiary/aromatic N) is 3. The van der Waals surface area contributed by atoms with Gasteiger partial charge in [0.1, 0.15) is 0 Å². The average Bonchev–Trinajstić information content (AvgIpc) is 2.61. The van der Waals surface area contributed by atoms with Crippen LogP contribution in [-0.2, 0) is 16.0 Å². The monoisotopic (exact) mass is 347 g/mol. The van der Waals surface area contributed by atoms with Crippen molar-refractivity contribution in [3.05, 3.63) is 29.6 Å². The van der Waals surface area contributed by atoms with Crippen LogP contribution in [0, 0.1) is 12.8 Å². The van der Waals surface area contributed by atoms with Gasteiger partial charge in [0.15, 0.2) is 0 Å². The van der Waals surface area contributed by atoms with Crippen LogP contribution in [0.1, 0.15) is 37.4 Å². The van der Waals surface area contributed by atoms with E-state index in [1.54, 1.807) is 4.90 Å². The maximum absolute atomic E-state index is 12.4. The summed E-state index contributed by atoms with van der Waals surface area (Å²) >= 11 is 0. The van der Waals surface area contributed by atoms with Crippen LogP contribution in [0.3, 0.4) is 0 Å². The molecule has 0 aromatic carbocycles. The zero-order valence-corrected chi connectivity index (χ0v) is 15.4. The van der Waals surface area contributed by atoms with Crippen LogP contribution in [0.4, 0.5) is 0 Å². The lowest BCUT2D eigenvalue weighted by atomic mass is 9.97. The Balaban J connectivity index is 1.75. The van der Waals surface area contributed by atoms with Gasteiger partial charge in [-0.3, -0.25) is 14.6 Å². The predicted molar refractivity (Wildman–Crippen MR) is 96.3 cm³/mol. The summed E-state index contributed by atoms with van der Waals surface area (Å²) in [5.74, 6) is -0.921. The SMILES string of the molecule is Cc1cccnc1C[C@@H](C)N(C)CCC(=O)N1CCC(C(=O)O)CC1. The molecule has 1 fully saturated rings. The Bertz CT molecular complexity index is 597. The van der Waals surface area contributed by atoms with E-state index in [-0.39, 0.29) is 11.8 Å². The molecule has 2 rings (SSSR count). The first-order chi connectivity index (χ1) is 11.9. The normalized spacial score (nSPS) is 16.9. The van der Waals surface area contributed by atoms with Crippen molar-refractivity contribution >= 4 is 11.9 Å². The smallest absolute Gasteiger partial charge is 0.306 e. The van der Waals surface area contributed by atoms with E-state index in [0.29, 0.717) is 44.9 Å². The number of aryl methyl sites for hydroxylation is 1. The second-order valence-corrected chi connectivity index (χ2v) is 7.04. The molecule has 1 N–H and O–H groups in total. The average molecular weight is 347 g/mol. The number of piperidine rings is 1. The molecule has 6 heteroatoms. The molecule has 25 heavy (non-hydrogen) atoms. The highest BCUT2D eigenvalue weighted by molar-refractivity contribution is 5.77. The topological polar surface area (TPSA) is 73.7 Å². The molecule has 0 saturated carbocycles. The van der Waals surface area contributed by atoms with Crippen LogP contribution < -0.4 is 0 Å². The van der Waals surface area contributed by atoms with Crippen molar-refractivity contribution in [2.75, 3.05) is 26.7 Å². The van der Waals surface area contributed by atoms with Gasteiger partial charge in [-0.1, -0.05) is 6.07 Å². The van der Waals surface area contributed by atoms with Crippen molar-refractivity contribution in [3.63, 3.8) is 0 Å². The summed E-state index contributed by atoms with van der Waals surface area (Å²) in [6.07, 6.45) is 4.28. The van der Waals surface area contributed by atoms with Crippen LogP contribution in [0.25, 0.3) is 0 Å². The molecule has 1 aromatic heterocycles. The lowest BCUT2D eigenvalue weighted by Crippen LogP contribution is -2.42. The highest BCUT2D eigenvalue weighted by Crippen LogP contribution is 2.18. The first-order valence-electron chi connectivity index (χ1n) is 8.99. The van der Waals surface area contributed by atoms with Crippen LogP contribution in [0.2, 0.25) is 0 Å². The summed E-state index contributed by atoms with van der Waals surface area (Å²) in [5.41, 5.74) is 2.30. The van der Waals surface area contributed by atoms with Gasteiger partial charge >= 0.3 is 5.97 Å². The molecule has 0 bridgehead atoms. The van der Waals surface area contributed by atoms with E-state index in [1.807, 2.05) is 19.3 Å². The molecule has 1 atom stereocenters. The second-order valence-electron chi connectivity index (χ2n) is 7.04. The van der Waals surface area contributed by atoms with Gasteiger partial charge < -0.3 is 14.9 Å². The molecule has 1 amide bonds. The summed E-state index contributed by atoms with van der Waals surface area (Å²) in [7, 11) is 2.03. The van der Waals surface area contributed by atoms with Crippen LogP contribution >= 0.6 is 0 Å². The number of likely N-dealkylation sites (tertiary alicyclic amines) is 1. The van der Waals surface area contributed by atoms with Crippen molar-refractivity contribution in [1.82, 2.24) is 14.8 Å². The van der Waals surface area contributed by atoms with Gasteiger partial charge in [0.25, 0.3) is 0 Å². The summed E-state index contributed by atoms with van der Waals surface area (Å²) in [4.78, 5) is 31.8. The largest absolute Gasteiger partial charge is 0.481 e. The van der Waals surface area contributed by atoms with Gasteiger partial charge in [-0.2, -0.15) is 0 Å². The number of carbonyl (C=O) groups is 2. The summed E-state index contributed by atoms with van der Waals surface area (Å²) in [6, 6.07) is 4.32. The highest BCUT2D eigenvalue weighted by atomic mass is 16.4. The Labute approximate surface area is 149 Å². The third kappa shape index (κ3) is 5.53. The molecule has 1 aromatic rings. The second kappa shape index (κ2) is 8.94. The minimum Gasteiger partial charge on any atom is -0.481 e. The Morgan fingerprint density at radius 3 is 2.68 bits per heavy atom. The highest BCUT2D eigenvalue weighted by Gasteiger charge is 2.27. The van der Waals surface area contributed by atoms with Crippen molar-refractivity contribution in [3.8, 4) is 0 Å². The van der Waals surface area contributed by atoms with Gasteiger partial charge in [0.2, 0.25) is 5.91 Å². The Morgan fingerprint density at radius 1 is 1.40 bits per heavy atom. The molecule has 6 nitrogen and oxygen atoms in total. The van der Waals surface area contributed by atoms with Crippen molar-refractivity contribution < 1.29 is 14.7 Å². The van der Waals surface area contributed by atoms with Gasteiger partial charge in [-0.05, 0) is 45.4 Å². The molecular weight excluding hydrogens is 318 g/mol. The number of carboxylic acids is 1. The predicted octanol–water partition coefficient (Wildman–Crippen LogP) is 1.97. The molecule has 0 aliphatic carbocycles. The van der Waals surface area contributed by atoms with Gasteiger partial charge in [-0.15, -0.1) is 0 Å². The zero-order chi connectivity index (χ0) is 18.4. The number of amides is 1. The standard InChI is InChI=1S/C19H29N3O3/c1-14-5-4-9-20-17(14)13-15(2)21(3)10-8-18(23)22-11-6-16(7-12-22)19(24)25/h4-5,9,15-16H,6-8,10-13H2,1-3H3,(H,24,25)/t15-/m1/s1. The lowest BCUT2D eigenvalue weighted by molar-refractivity contribution is -0.145. The number of hydrogen-bond acceptors (Lipinski definition) is 4. The molecule has 2 heterocycles. The van der Waals surface area contributed by atoms with Crippen LogP contribution in [-0.4, -0.2) is 64.5 Å². The summed E-state index contributed by atoms with van der Waals surface area (Å²) in [5, 5.41) is 9.03. The first-order valence-corrected chi connectivity index (χ1v) is 8.99. The van der Waals surface area contributed by atoms with E-state index in [4.69, 9.17) is 5.11 Å². The molecule has 1 saturated heterocycles. The number of carbonyl (C=O) groups excluding carboxylic acids is 1. The maximum Gasteiger partial charge on any atom is 0.306 e. The first kappa shape index (κ1) is 19.4. The number of hydrogen-bond donors (Lipinski definition) is 1. The molecular formula is C19H29N3O3. The quantitative estimate of drug-likeness (QED) is 0.816. The fraction of sp³-hybridized carbons (Fsp3) is 0.632. The number of carboxylic acid groups (broad SMARTS) is 1. The summed E-state index contributed by atoms with van der Waals surface area (Å²) < 4.78 is 0. The molecule has 1 aliphatic heterocycles. The van der Waals surface area contributed by atoms with Crippen molar-refractivity contribution in [1.29, 1.82) is 0 Å². The molecule has 1 aliphatic rings. The number of rotatable bonds is 7. The Morgan fingerprint density at radius 2 is 2.08 bits per heavy atom. The van der Waals surface area contributed by atoms with Gasteiger partial charge in [-0.25, -0.2) is 0 Å². The van der Waals surface area contributed by atoms with E-state index in [1.165, 1.54) is 5.56 Å². The van der Waals surface area contributed by atoms with E-state index in [9.17, 15) is 9.59 Å². The van der Waals surface area contributed by atoms with Crippen molar-refractivity contribution in [2.24, 2.45) is 5.92 Å². The number of aliphatic carboxylic acids is 1. The molecule has 0 unspecified atom stereocenters. The third-order valence-electron chi connectivity index (χ3n) is 5.23. The third-order valence-corrected chi connectivity index (χ3v) is 5.23. The molecule has 0 spiro atoms. The Kier molecular flexibility index (Phi) is 6.93. The molecule has 138 valence electrons. The fourth-order valence-corrected chi connectivity index (χ4v) is 3.19. The lowest BCUT2D eigenvalue weighted by Gasteiger charge is -2.31. The van der Waals surface area contributed by atoms with Crippen molar-refractivity contribution in [2.45, 2.75) is 45.6 Å².